The highest BCUT2D eigenvalue weighted by atomic mass is 35.5. The predicted molar refractivity (Wildman–Crippen MR) is 102 cm³/mol. The van der Waals surface area contributed by atoms with Crippen LogP contribution in [0, 0.1) is 12.8 Å². The molecule has 5 heteroatoms. The van der Waals surface area contributed by atoms with Crippen molar-refractivity contribution >= 4 is 30.1 Å². The van der Waals surface area contributed by atoms with E-state index in [9.17, 15) is 4.79 Å². The molecule has 130 valence electrons. The molecular formula is C18H29ClN2OS. The first-order valence-corrected chi connectivity index (χ1v) is 9.40. The van der Waals surface area contributed by atoms with Crippen molar-refractivity contribution in [2.45, 2.75) is 31.9 Å². The fourth-order valence-corrected chi connectivity index (χ4v) is 3.84. The van der Waals surface area contributed by atoms with Crippen molar-refractivity contribution < 1.29 is 4.79 Å². The average molecular weight is 357 g/mol. The Hall–Kier alpha value is -0.710. The first kappa shape index (κ1) is 20.3. The molecule has 1 saturated heterocycles. The van der Waals surface area contributed by atoms with E-state index in [1.54, 1.807) is 11.8 Å². The molecule has 0 saturated carbocycles. The molecule has 0 unspecified atom stereocenters. The minimum Gasteiger partial charge on any atom is -0.342 e. The molecule has 1 aliphatic rings. The summed E-state index contributed by atoms with van der Waals surface area (Å²) in [5, 5.41) is 3.21. The lowest BCUT2D eigenvalue weighted by atomic mass is 9.93. The monoisotopic (exact) mass is 356 g/mol. The van der Waals surface area contributed by atoms with Crippen LogP contribution in [0.2, 0.25) is 0 Å². The van der Waals surface area contributed by atoms with E-state index in [1.807, 2.05) is 7.05 Å². The number of hydrogen-bond donors (Lipinski definition) is 1. The number of nitrogens with one attached hydrogen (secondary N) is 1. The molecule has 0 aromatic heterocycles. The van der Waals surface area contributed by atoms with E-state index in [0.29, 0.717) is 11.7 Å². The van der Waals surface area contributed by atoms with Gasteiger partial charge in [-0.05, 0) is 51.3 Å². The Bertz CT molecular complexity index is 476. The van der Waals surface area contributed by atoms with Gasteiger partial charge in [-0.3, -0.25) is 4.79 Å². The summed E-state index contributed by atoms with van der Waals surface area (Å²) < 4.78 is 0. The van der Waals surface area contributed by atoms with Crippen LogP contribution >= 0.6 is 24.2 Å². The summed E-state index contributed by atoms with van der Waals surface area (Å²) in [4.78, 5) is 14.3. The van der Waals surface area contributed by atoms with Crippen molar-refractivity contribution in [3.8, 4) is 0 Å². The highest BCUT2D eigenvalue weighted by Crippen LogP contribution is 2.21. The second-order valence-corrected chi connectivity index (χ2v) is 7.18. The number of aryl methyl sites for hydroxylation is 1. The van der Waals surface area contributed by atoms with Crippen LogP contribution in [-0.2, 0) is 10.5 Å². The number of piperidine rings is 1. The maximum atomic E-state index is 12.3. The van der Waals surface area contributed by atoms with Crippen LogP contribution in [0.1, 0.15) is 30.4 Å². The highest BCUT2D eigenvalue weighted by molar-refractivity contribution is 7.99. The van der Waals surface area contributed by atoms with Crippen LogP contribution in [0.25, 0.3) is 0 Å². The summed E-state index contributed by atoms with van der Waals surface area (Å²) in [6.07, 6.45) is 3.56. The normalized spacial score (nSPS) is 15.3. The molecule has 0 radical (unpaired) electrons. The minimum atomic E-state index is 0. The third-order valence-electron chi connectivity index (χ3n) is 4.35. The van der Waals surface area contributed by atoms with Crippen LogP contribution in [0.3, 0.4) is 0 Å². The van der Waals surface area contributed by atoms with Gasteiger partial charge >= 0.3 is 0 Å². The zero-order valence-electron chi connectivity index (χ0n) is 14.2. The van der Waals surface area contributed by atoms with Crippen molar-refractivity contribution in [1.82, 2.24) is 10.2 Å². The lowest BCUT2D eigenvalue weighted by Gasteiger charge is -2.32. The van der Waals surface area contributed by atoms with Crippen molar-refractivity contribution in [3.05, 3.63) is 35.4 Å². The predicted octanol–water partition coefficient (Wildman–Crippen LogP) is 3.50. The maximum absolute atomic E-state index is 12.3. The van der Waals surface area contributed by atoms with E-state index in [1.165, 1.54) is 17.5 Å². The molecule has 0 atom stereocenters. The largest absolute Gasteiger partial charge is 0.342 e. The van der Waals surface area contributed by atoms with Crippen molar-refractivity contribution in [1.29, 1.82) is 0 Å². The molecule has 1 N–H and O–H groups in total. The quantitative estimate of drug-likeness (QED) is 0.811. The molecule has 0 bridgehead atoms. The minimum absolute atomic E-state index is 0. The van der Waals surface area contributed by atoms with Gasteiger partial charge in [0, 0.05) is 18.8 Å². The molecule has 1 aliphatic heterocycles. The SMILES string of the molecule is CNCCC1CCN(C(=O)CSCc2cccc(C)c2)CC1.Cl. The van der Waals surface area contributed by atoms with Crippen LogP contribution in [0.15, 0.2) is 24.3 Å². The number of carbonyl (C=O) groups excluding carboxylic acids is 1. The zero-order chi connectivity index (χ0) is 15.8. The third kappa shape index (κ3) is 7.15. The van der Waals surface area contributed by atoms with Gasteiger partial charge in [-0.15, -0.1) is 24.2 Å². The number of rotatable bonds is 7. The number of amides is 1. The molecule has 1 aromatic rings. The first-order chi connectivity index (χ1) is 10.7. The lowest BCUT2D eigenvalue weighted by Crippen LogP contribution is -2.39. The summed E-state index contributed by atoms with van der Waals surface area (Å²) >= 11 is 1.73. The number of hydrogen-bond acceptors (Lipinski definition) is 3. The Morgan fingerprint density at radius 1 is 1.35 bits per heavy atom. The van der Waals surface area contributed by atoms with Gasteiger partial charge in [0.15, 0.2) is 0 Å². The molecular weight excluding hydrogens is 328 g/mol. The third-order valence-corrected chi connectivity index (χ3v) is 5.34. The molecule has 23 heavy (non-hydrogen) atoms. The van der Waals surface area contributed by atoms with E-state index < -0.39 is 0 Å². The van der Waals surface area contributed by atoms with Gasteiger partial charge in [0.2, 0.25) is 5.91 Å². The van der Waals surface area contributed by atoms with E-state index in [4.69, 9.17) is 0 Å². The van der Waals surface area contributed by atoms with Gasteiger partial charge in [0.05, 0.1) is 5.75 Å². The van der Waals surface area contributed by atoms with Crippen molar-refractivity contribution in [2.75, 3.05) is 32.4 Å². The van der Waals surface area contributed by atoms with Crippen LogP contribution in [0.5, 0.6) is 0 Å². The summed E-state index contributed by atoms with van der Waals surface area (Å²) in [7, 11) is 2.00. The van der Waals surface area contributed by atoms with Crippen LogP contribution < -0.4 is 5.32 Å². The van der Waals surface area contributed by atoms with E-state index in [-0.39, 0.29) is 12.4 Å². The first-order valence-electron chi connectivity index (χ1n) is 8.24. The molecule has 0 aliphatic carbocycles. The van der Waals surface area contributed by atoms with Gasteiger partial charge in [-0.1, -0.05) is 29.8 Å². The van der Waals surface area contributed by atoms with Gasteiger partial charge in [-0.2, -0.15) is 0 Å². The number of thioether (sulfide) groups is 1. The smallest absolute Gasteiger partial charge is 0.232 e. The average Bonchev–Trinajstić information content (AvgIpc) is 2.53. The Morgan fingerprint density at radius 2 is 2.09 bits per heavy atom. The molecule has 2 rings (SSSR count). The molecule has 1 amide bonds. The summed E-state index contributed by atoms with van der Waals surface area (Å²) in [6.45, 7) is 5.08. The van der Waals surface area contributed by atoms with Crippen molar-refractivity contribution in [3.63, 3.8) is 0 Å². The maximum Gasteiger partial charge on any atom is 0.232 e. The summed E-state index contributed by atoms with van der Waals surface area (Å²) in [5.41, 5.74) is 2.59. The number of nitrogens with zero attached hydrogens (tertiary/aromatic N) is 1. The number of carbonyl (C=O) groups is 1. The van der Waals surface area contributed by atoms with Crippen molar-refractivity contribution in [2.24, 2.45) is 5.92 Å². The van der Waals surface area contributed by atoms with Gasteiger partial charge in [-0.25, -0.2) is 0 Å². The summed E-state index contributed by atoms with van der Waals surface area (Å²) in [5.74, 6) is 2.63. The van der Waals surface area contributed by atoms with Crippen LogP contribution in [-0.4, -0.2) is 43.2 Å². The highest BCUT2D eigenvalue weighted by Gasteiger charge is 2.22. The standard InChI is InChI=1S/C18H28N2OS.ClH/c1-15-4-3-5-17(12-15)13-22-14-18(21)20-10-7-16(8-11-20)6-9-19-2;/h3-5,12,16,19H,6-11,13-14H2,1-2H3;1H. The number of benzene rings is 1. The van der Waals surface area contributed by atoms with Gasteiger partial charge in [0.25, 0.3) is 0 Å². The summed E-state index contributed by atoms with van der Waals surface area (Å²) in [6, 6.07) is 8.53. The fourth-order valence-electron chi connectivity index (χ4n) is 2.97. The second-order valence-electron chi connectivity index (χ2n) is 6.20. The Kier molecular flexibility index (Phi) is 9.68. The molecule has 0 spiro atoms. The molecule has 3 nitrogen and oxygen atoms in total. The van der Waals surface area contributed by atoms with E-state index in [0.717, 1.165) is 44.1 Å². The zero-order valence-corrected chi connectivity index (χ0v) is 15.8. The second kappa shape index (κ2) is 11.0. The Balaban J connectivity index is 0.00000264. The van der Waals surface area contributed by atoms with Gasteiger partial charge < -0.3 is 10.2 Å². The molecule has 1 aromatic carbocycles. The lowest BCUT2D eigenvalue weighted by molar-refractivity contribution is -0.129. The molecule has 1 heterocycles. The van der Waals surface area contributed by atoms with E-state index in [2.05, 4.69) is 41.4 Å². The Morgan fingerprint density at radius 3 is 2.74 bits per heavy atom. The van der Waals surface area contributed by atoms with E-state index >= 15 is 0 Å². The number of halogens is 1. The molecule has 1 fully saturated rings. The van der Waals surface area contributed by atoms with Crippen LogP contribution in [0.4, 0.5) is 0 Å². The fraction of sp³-hybridized carbons (Fsp3) is 0.611. The van der Waals surface area contributed by atoms with Gasteiger partial charge in [0.1, 0.15) is 0 Å². The Labute approximate surface area is 151 Å². The number of likely N-dealkylation sites (tertiary alicyclic amines) is 1. The topological polar surface area (TPSA) is 32.3 Å².